The first kappa shape index (κ1) is 16.0. The van der Waals surface area contributed by atoms with Crippen LogP contribution < -0.4 is 5.32 Å². The van der Waals surface area contributed by atoms with Gasteiger partial charge in [-0.25, -0.2) is 8.42 Å². The summed E-state index contributed by atoms with van der Waals surface area (Å²) in [5.74, 6) is 0.0720. The van der Waals surface area contributed by atoms with Gasteiger partial charge in [-0.05, 0) is 29.8 Å². The molecular formula is C15H16N2O4S. The number of anilines is 1. The van der Waals surface area contributed by atoms with Gasteiger partial charge in [0.2, 0.25) is 0 Å². The van der Waals surface area contributed by atoms with E-state index in [4.69, 9.17) is 0 Å². The minimum atomic E-state index is -3.19. The second-order valence-electron chi connectivity index (χ2n) is 4.70. The third kappa shape index (κ3) is 3.82. The summed E-state index contributed by atoms with van der Waals surface area (Å²) in [7, 11) is -3.19. The predicted molar refractivity (Wildman–Crippen MR) is 84.6 cm³/mol. The summed E-state index contributed by atoms with van der Waals surface area (Å²) in [6.07, 6.45) is 0. The third-order valence-electron chi connectivity index (χ3n) is 3.24. The number of benzene rings is 2. The van der Waals surface area contributed by atoms with Gasteiger partial charge in [-0.1, -0.05) is 19.1 Å². The van der Waals surface area contributed by atoms with E-state index in [2.05, 4.69) is 5.32 Å². The smallest absolute Gasteiger partial charge is 0.269 e. The average molecular weight is 320 g/mol. The van der Waals surface area contributed by atoms with E-state index < -0.39 is 14.8 Å². The first-order chi connectivity index (χ1) is 10.4. The van der Waals surface area contributed by atoms with Crippen LogP contribution in [0, 0.1) is 10.1 Å². The summed E-state index contributed by atoms with van der Waals surface area (Å²) in [6, 6.07) is 12.8. The van der Waals surface area contributed by atoms with E-state index in [-0.39, 0.29) is 11.4 Å². The molecule has 116 valence electrons. The van der Waals surface area contributed by atoms with Gasteiger partial charge >= 0.3 is 0 Å². The highest BCUT2D eigenvalue weighted by molar-refractivity contribution is 7.91. The highest BCUT2D eigenvalue weighted by Crippen LogP contribution is 2.17. The number of non-ortho nitro benzene ring substituents is 1. The summed E-state index contributed by atoms with van der Waals surface area (Å²) >= 11 is 0. The molecule has 0 saturated carbocycles. The lowest BCUT2D eigenvalue weighted by molar-refractivity contribution is -0.384. The van der Waals surface area contributed by atoms with Gasteiger partial charge in [-0.15, -0.1) is 0 Å². The molecule has 0 fully saturated rings. The minimum absolute atomic E-state index is 0.0536. The Morgan fingerprint density at radius 2 is 1.64 bits per heavy atom. The molecule has 2 aromatic carbocycles. The Labute approximate surface area is 128 Å². The number of nitrogens with one attached hydrogen (secondary N) is 1. The normalized spacial score (nSPS) is 11.1. The molecule has 22 heavy (non-hydrogen) atoms. The van der Waals surface area contributed by atoms with E-state index in [1.807, 2.05) is 0 Å². The van der Waals surface area contributed by atoms with Crippen molar-refractivity contribution in [3.8, 4) is 0 Å². The summed E-state index contributed by atoms with van der Waals surface area (Å²) in [6.45, 7) is 2.11. The van der Waals surface area contributed by atoms with Crippen LogP contribution in [0.5, 0.6) is 0 Å². The third-order valence-corrected chi connectivity index (χ3v) is 4.99. The largest absolute Gasteiger partial charge is 0.381 e. The van der Waals surface area contributed by atoms with Crippen molar-refractivity contribution in [3.63, 3.8) is 0 Å². The van der Waals surface area contributed by atoms with Crippen molar-refractivity contribution in [1.29, 1.82) is 0 Å². The van der Waals surface area contributed by atoms with Crippen molar-refractivity contribution in [1.82, 2.24) is 0 Å². The van der Waals surface area contributed by atoms with Crippen LogP contribution in [0.4, 0.5) is 11.4 Å². The lowest BCUT2D eigenvalue weighted by Gasteiger charge is -2.08. The molecule has 0 radical (unpaired) electrons. The van der Waals surface area contributed by atoms with E-state index in [9.17, 15) is 18.5 Å². The summed E-state index contributed by atoms with van der Waals surface area (Å²) in [4.78, 5) is 10.4. The molecule has 6 nitrogen and oxygen atoms in total. The molecule has 0 aliphatic heterocycles. The zero-order valence-electron chi connectivity index (χ0n) is 12.0. The van der Waals surface area contributed by atoms with Crippen LogP contribution >= 0.6 is 0 Å². The molecule has 0 amide bonds. The topological polar surface area (TPSA) is 89.3 Å². The SMILES string of the molecule is CCS(=O)(=O)c1ccc(NCc2ccc([N+](=O)[O-])cc2)cc1. The number of rotatable bonds is 6. The summed E-state index contributed by atoms with van der Waals surface area (Å²) in [5.41, 5.74) is 1.74. The highest BCUT2D eigenvalue weighted by atomic mass is 32.2. The Bertz CT molecular complexity index is 753. The van der Waals surface area contributed by atoms with Crippen molar-refractivity contribution in [2.45, 2.75) is 18.4 Å². The molecule has 2 aromatic rings. The second-order valence-corrected chi connectivity index (χ2v) is 6.98. The van der Waals surface area contributed by atoms with Crippen LogP contribution in [0.3, 0.4) is 0 Å². The average Bonchev–Trinajstić information content (AvgIpc) is 2.53. The predicted octanol–water partition coefficient (Wildman–Crippen LogP) is 3.00. The molecule has 0 unspecified atom stereocenters. The van der Waals surface area contributed by atoms with Crippen molar-refractivity contribution in [2.75, 3.05) is 11.1 Å². The molecule has 0 bridgehead atoms. The van der Waals surface area contributed by atoms with E-state index in [0.717, 1.165) is 11.3 Å². The maximum atomic E-state index is 11.7. The number of hydrogen-bond acceptors (Lipinski definition) is 5. The summed E-state index contributed by atoms with van der Waals surface area (Å²) in [5, 5.41) is 13.7. The Morgan fingerprint density at radius 1 is 1.05 bits per heavy atom. The molecule has 0 saturated heterocycles. The molecule has 0 spiro atoms. The van der Waals surface area contributed by atoms with Crippen LogP contribution in [-0.2, 0) is 16.4 Å². The Morgan fingerprint density at radius 3 is 2.14 bits per heavy atom. The number of sulfone groups is 1. The number of nitrogens with zero attached hydrogens (tertiary/aromatic N) is 1. The summed E-state index contributed by atoms with van der Waals surface area (Å²) < 4.78 is 23.4. The standard InChI is InChI=1S/C15H16N2O4S/c1-2-22(20,21)15-9-5-13(6-10-15)16-11-12-3-7-14(8-4-12)17(18)19/h3-10,16H,2,11H2,1H3. The van der Waals surface area contributed by atoms with Gasteiger partial charge in [-0.2, -0.15) is 0 Å². The fourth-order valence-electron chi connectivity index (χ4n) is 1.89. The maximum Gasteiger partial charge on any atom is 0.269 e. The lowest BCUT2D eigenvalue weighted by atomic mass is 10.2. The van der Waals surface area contributed by atoms with E-state index >= 15 is 0 Å². The zero-order valence-corrected chi connectivity index (χ0v) is 12.8. The van der Waals surface area contributed by atoms with Crippen LogP contribution in [0.25, 0.3) is 0 Å². The monoisotopic (exact) mass is 320 g/mol. The first-order valence-corrected chi connectivity index (χ1v) is 8.37. The van der Waals surface area contributed by atoms with Crippen LogP contribution in [0.2, 0.25) is 0 Å². The van der Waals surface area contributed by atoms with E-state index in [1.54, 1.807) is 43.3 Å². The van der Waals surface area contributed by atoms with E-state index in [1.165, 1.54) is 12.1 Å². The van der Waals surface area contributed by atoms with Gasteiger partial charge in [0.1, 0.15) is 0 Å². The van der Waals surface area contributed by atoms with E-state index in [0.29, 0.717) is 11.4 Å². The number of nitro groups is 1. The lowest BCUT2D eigenvalue weighted by Crippen LogP contribution is -2.04. The van der Waals surface area contributed by atoms with Gasteiger partial charge in [0.15, 0.2) is 9.84 Å². The molecule has 2 rings (SSSR count). The van der Waals surface area contributed by atoms with Gasteiger partial charge in [-0.3, -0.25) is 10.1 Å². The maximum absolute atomic E-state index is 11.7. The number of nitro benzene ring substituents is 1. The molecule has 0 atom stereocenters. The van der Waals surface area contributed by atoms with Crippen molar-refractivity contribution in [3.05, 3.63) is 64.2 Å². The van der Waals surface area contributed by atoms with Crippen molar-refractivity contribution < 1.29 is 13.3 Å². The Balaban J connectivity index is 2.01. The first-order valence-electron chi connectivity index (χ1n) is 6.72. The Kier molecular flexibility index (Phi) is 4.77. The minimum Gasteiger partial charge on any atom is -0.381 e. The second kappa shape index (κ2) is 6.57. The Hall–Kier alpha value is -2.41. The fraction of sp³-hybridized carbons (Fsp3) is 0.200. The fourth-order valence-corrected chi connectivity index (χ4v) is 2.77. The quantitative estimate of drug-likeness (QED) is 0.653. The molecule has 7 heteroatoms. The van der Waals surface area contributed by atoms with Crippen LogP contribution in [-0.4, -0.2) is 19.1 Å². The molecule has 0 heterocycles. The van der Waals surface area contributed by atoms with Crippen molar-refractivity contribution >= 4 is 21.2 Å². The van der Waals surface area contributed by atoms with Gasteiger partial charge in [0.05, 0.1) is 15.6 Å². The van der Waals surface area contributed by atoms with Gasteiger partial charge in [0, 0.05) is 24.4 Å². The van der Waals surface area contributed by atoms with Crippen LogP contribution in [0.1, 0.15) is 12.5 Å². The van der Waals surface area contributed by atoms with Crippen LogP contribution in [0.15, 0.2) is 53.4 Å². The molecule has 1 N–H and O–H groups in total. The highest BCUT2D eigenvalue weighted by Gasteiger charge is 2.10. The van der Waals surface area contributed by atoms with Crippen molar-refractivity contribution in [2.24, 2.45) is 0 Å². The molecule has 0 aliphatic carbocycles. The molecule has 0 aliphatic rings. The van der Waals surface area contributed by atoms with Gasteiger partial charge in [0.25, 0.3) is 5.69 Å². The molecule has 0 aromatic heterocycles. The number of hydrogen-bond donors (Lipinski definition) is 1. The van der Waals surface area contributed by atoms with Gasteiger partial charge < -0.3 is 5.32 Å². The molecular weight excluding hydrogens is 304 g/mol. The zero-order chi connectivity index (χ0) is 16.2.